The van der Waals surface area contributed by atoms with Gasteiger partial charge in [-0.15, -0.1) is 0 Å². The van der Waals surface area contributed by atoms with Crippen LogP contribution in [0.1, 0.15) is 31.2 Å². The van der Waals surface area contributed by atoms with Gasteiger partial charge in [0.2, 0.25) is 5.91 Å². The summed E-state index contributed by atoms with van der Waals surface area (Å²) in [6.45, 7) is -0.235. The molecule has 0 bridgehead atoms. The van der Waals surface area contributed by atoms with Gasteiger partial charge < -0.3 is 15.1 Å². The zero-order valence-corrected chi connectivity index (χ0v) is 11.3. The van der Waals surface area contributed by atoms with E-state index in [0.717, 1.165) is 31.2 Å². The number of aromatic hydroxyl groups is 1. The summed E-state index contributed by atoms with van der Waals surface area (Å²) in [4.78, 5) is 24.7. The van der Waals surface area contributed by atoms with E-state index in [1.165, 1.54) is 17.0 Å². The van der Waals surface area contributed by atoms with Gasteiger partial charge in [-0.2, -0.15) is 0 Å². The van der Waals surface area contributed by atoms with Crippen LogP contribution < -0.4 is 0 Å². The maximum Gasteiger partial charge on any atom is 0.323 e. The van der Waals surface area contributed by atoms with Crippen LogP contribution in [0, 0.1) is 0 Å². The van der Waals surface area contributed by atoms with Crippen LogP contribution in [0.5, 0.6) is 5.75 Å². The van der Waals surface area contributed by atoms with Gasteiger partial charge in [0.1, 0.15) is 12.3 Å². The molecular weight excluding hydrogens is 258 g/mol. The number of aliphatic carboxylic acids is 1. The van der Waals surface area contributed by atoms with Crippen molar-refractivity contribution in [2.75, 3.05) is 6.54 Å². The summed E-state index contributed by atoms with van der Waals surface area (Å²) in [5, 5.41) is 18.2. The highest BCUT2D eigenvalue weighted by Crippen LogP contribution is 2.24. The second-order valence-corrected chi connectivity index (χ2v) is 5.20. The molecule has 0 atom stereocenters. The van der Waals surface area contributed by atoms with Gasteiger partial charge in [0.15, 0.2) is 0 Å². The van der Waals surface area contributed by atoms with Crippen molar-refractivity contribution in [3.8, 4) is 5.75 Å². The molecule has 2 N–H and O–H groups in total. The molecule has 108 valence electrons. The number of carbonyl (C=O) groups is 2. The number of hydrogen-bond acceptors (Lipinski definition) is 3. The summed E-state index contributed by atoms with van der Waals surface area (Å²) in [5.74, 6) is -0.986. The Bertz CT molecular complexity index is 477. The van der Waals surface area contributed by atoms with Crippen LogP contribution in [-0.2, 0) is 16.0 Å². The molecule has 1 saturated carbocycles. The molecule has 20 heavy (non-hydrogen) atoms. The van der Waals surface area contributed by atoms with Gasteiger partial charge >= 0.3 is 5.97 Å². The highest BCUT2D eigenvalue weighted by molar-refractivity contribution is 5.83. The Morgan fingerprint density at radius 1 is 1.15 bits per heavy atom. The summed E-state index contributed by atoms with van der Waals surface area (Å²) >= 11 is 0. The van der Waals surface area contributed by atoms with Crippen LogP contribution in [0.4, 0.5) is 0 Å². The van der Waals surface area contributed by atoms with Crippen LogP contribution >= 0.6 is 0 Å². The van der Waals surface area contributed by atoms with Gasteiger partial charge in [-0.3, -0.25) is 9.59 Å². The summed E-state index contributed by atoms with van der Waals surface area (Å²) < 4.78 is 0. The van der Waals surface area contributed by atoms with Crippen LogP contribution in [0.15, 0.2) is 24.3 Å². The zero-order chi connectivity index (χ0) is 14.5. The first-order valence-electron chi connectivity index (χ1n) is 6.85. The average Bonchev–Trinajstić information content (AvgIpc) is 2.92. The number of amides is 1. The van der Waals surface area contributed by atoms with E-state index in [9.17, 15) is 14.7 Å². The lowest BCUT2D eigenvalue weighted by atomic mass is 10.1. The van der Waals surface area contributed by atoms with Gasteiger partial charge in [-0.25, -0.2) is 0 Å². The fraction of sp³-hybridized carbons (Fsp3) is 0.467. The van der Waals surface area contributed by atoms with Gasteiger partial charge in [-0.1, -0.05) is 25.0 Å². The van der Waals surface area contributed by atoms with E-state index in [4.69, 9.17) is 5.11 Å². The highest BCUT2D eigenvalue weighted by atomic mass is 16.4. The number of nitrogens with zero attached hydrogens (tertiary/aromatic N) is 1. The fourth-order valence-corrected chi connectivity index (χ4v) is 2.67. The molecule has 1 amide bonds. The second-order valence-electron chi connectivity index (χ2n) is 5.20. The summed E-state index contributed by atoms with van der Waals surface area (Å²) in [6.07, 6.45) is 4.04. The molecule has 0 unspecified atom stereocenters. The Morgan fingerprint density at radius 2 is 1.75 bits per heavy atom. The van der Waals surface area contributed by atoms with Crippen molar-refractivity contribution in [3.05, 3.63) is 29.8 Å². The quantitative estimate of drug-likeness (QED) is 0.860. The lowest BCUT2D eigenvalue weighted by Gasteiger charge is -2.27. The van der Waals surface area contributed by atoms with Crippen molar-refractivity contribution in [3.63, 3.8) is 0 Å². The molecule has 0 spiro atoms. The van der Waals surface area contributed by atoms with Gasteiger partial charge in [0, 0.05) is 6.04 Å². The molecule has 0 radical (unpaired) electrons. The predicted octanol–water partition coefficient (Wildman–Crippen LogP) is 1.79. The number of carboxylic acids is 1. The monoisotopic (exact) mass is 277 g/mol. The number of phenols is 1. The fourth-order valence-electron chi connectivity index (χ4n) is 2.67. The molecule has 1 aromatic carbocycles. The SMILES string of the molecule is O=C(O)CN(C(=O)Cc1ccc(O)cc1)C1CCCC1. The number of carbonyl (C=O) groups excluding carboxylic acids is 1. The van der Waals surface area contributed by atoms with Gasteiger partial charge in [0.25, 0.3) is 0 Å². The van der Waals surface area contributed by atoms with Crippen LogP contribution in [0.2, 0.25) is 0 Å². The molecule has 5 nitrogen and oxygen atoms in total. The summed E-state index contributed by atoms with van der Waals surface area (Å²) in [5.41, 5.74) is 0.779. The van der Waals surface area contributed by atoms with Gasteiger partial charge in [-0.05, 0) is 30.5 Å². The first-order chi connectivity index (χ1) is 9.56. The average molecular weight is 277 g/mol. The van der Waals surface area contributed by atoms with E-state index >= 15 is 0 Å². The zero-order valence-electron chi connectivity index (χ0n) is 11.3. The van der Waals surface area contributed by atoms with Crippen molar-refractivity contribution in [2.45, 2.75) is 38.1 Å². The minimum absolute atomic E-state index is 0.0516. The first kappa shape index (κ1) is 14.4. The largest absolute Gasteiger partial charge is 0.508 e. The van der Waals surface area contributed by atoms with E-state index in [2.05, 4.69) is 0 Å². The molecule has 5 heteroatoms. The Balaban J connectivity index is 2.05. The third-order valence-corrected chi connectivity index (χ3v) is 3.68. The van der Waals surface area contributed by atoms with Crippen LogP contribution in [0.3, 0.4) is 0 Å². The molecule has 0 aromatic heterocycles. The molecule has 1 aliphatic carbocycles. The Hall–Kier alpha value is -2.04. The molecule has 0 aliphatic heterocycles. The third-order valence-electron chi connectivity index (χ3n) is 3.68. The number of carboxylic acid groups (broad SMARTS) is 1. The lowest BCUT2D eigenvalue weighted by Crippen LogP contribution is -2.43. The Kier molecular flexibility index (Phi) is 4.61. The molecule has 0 saturated heterocycles. The number of benzene rings is 1. The normalized spacial score (nSPS) is 15.2. The predicted molar refractivity (Wildman–Crippen MR) is 73.4 cm³/mol. The number of hydrogen-bond donors (Lipinski definition) is 2. The van der Waals surface area contributed by atoms with Crippen LogP contribution in [0.25, 0.3) is 0 Å². The van der Waals surface area contributed by atoms with E-state index in [1.54, 1.807) is 12.1 Å². The molecule has 0 heterocycles. The topological polar surface area (TPSA) is 77.8 Å². The van der Waals surface area contributed by atoms with Gasteiger partial charge in [0.05, 0.1) is 6.42 Å². The molecular formula is C15H19NO4. The highest BCUT2D eigenvalue weighted by Gasteiger charge is 2.28. The maximum absolute atomic E-state index is 12.3. The molecule has 1 aromatic rings. The van der Waals surface area contributed by atoms with Crippen molar-refractivity contribution >= 4 is 11.9 Å². The second kappa shape index (κ2) is 6.41. The van der Waals surface area contributed by atoms with Crippen LogP contribution in [-0.4, -0.2) is 39.6 Å². The minimum atomic E-state index is -0.976. The summed E-state index contributed by atoms with van der Waals surface area (Å²) in [6, 6.07) is 6.47. The number of rotatable bonds is 5. The van der Waals surface area contributed by atoms with Crippen molar-refractivity contribution < 1.29 is 19.8 Å². The van der Waals surface area contributed by atoms with E-state index in [1.807, 2.05) is 0 Å². The van der Waals surface area contributed by atoms with Crippen molar-refractivity contribution in [1.29, 1.82) is 0 Å². The van der Waals surface area contributed by atoms with E-state index in [0.29, 0.717) is 0 Å². The van der Waals surface area contributed by atoms with Crippen molar-refractivity contribution in [1.82, 2.24) is 4.90 Å². The van der Waals surface area contributed by atoms with E-state index in [-0.39, 0.29) is 30.7 Å². The summed E-state index contributed by atoms with van der Waals surface area (Å²) in [7, 11) is 0. The van der Waals surface area contributed by atoms with E-state index < -0.39 is 5.97 Å². The third kappa shape index (κ3) is 3.73. The molecule has 2 rings (SSSR count). The number of phenolic OH excluding ortho intramolecular Hbond substituents is 1. The maximum atomic E-state index is 12.3. The first-order valence-corrected chi connectivity index (χ1v) is 6.85. The molecule has 1 aliphatic rings. The van der Waals surface area contributed by atoms with Crippen molar-refractivity contribution in [2.24, 2.45) is 0 Å². The molecule has 1 fully saturated rings. The lowest BCUT2D eigenvalue weighted by molar-refractivity contribution is -0.145. The minimum Gasteiger partial charge on any atom is -0.508 e. The smallest absolute Gasteiger partial charge is 0.323 e. The Morgan fingerprint density at radius 3 is 2.30 bits per heavy atom. The Labute approximate surface area is 117 Å². The standard InChI is InChI=1S/C15H19NO4/c17-13-7-5-11(6-8-13)9-14(18)16(10-15(19)20)12-3-1-2-4-12/h5-8,12,17H,1-4,9-10H2,(H,19,20).